The van der Waals surface area contributed by atoms with E-state index in [1.54, 1.807) is 13.3 Å². The zero-order valence-electron chi connectivity index (χ0n) is 14.2. The van der Waals surface area contributed by atoms with E-state index in [0.717, 1.165) is 16.9 Å². The van der Waals surface area contributed by atoms with Crippen molar-refractivity contribution in [2.24, 2.45) is 11.0 Å². The zero-order chi connectivity index (χ0) is 17.6. The second kappa shape index (κ2) is 7.70. The lowest BCUT2D eigenvalue weighted by atomic mass is 10.0. The van der Waals surface area contributed by atoms with Crippen LogP contribution in [0.25, 0.3) is 0 Å². The standard InChI is InChI=1S/C19H20N2O4/c1-13(8-14-4-3-5-16(9-14)23-2)19(22)21-20-11-15-6-7-17-18(10-15)25-12-24-17/h3-7,9-11,13H,8,12H2,1-2H3,(H,21,22)/b20-11-/t13-/m1/s1. The van der Waals surface area contributed by atoms with Gasteiger partial charge in [-0.25, -0.2) is 5.43 Å². The summed E-state index contributed by atoms with van der Waals surface area (Å²) in [5.41, 5.74) is 4.44. The van der Waals surface area contributed by atoms with E-state index >= 15 is 0 Å². The predicted molar refractivity (Wildman–Crippen MR) is 94.2 cm³/mol. The van der Waals surface area contributed by atoms with E-state index in [-0.39, 0.29) is 18.6 Å². The minimum absolute atomic E-state index is 0.139. The second-order valence-electron chi connectivity index (χ2n) is 5.80. The first kappa shape index (κ1) is 16.8. The molecule has 0 fully saturated rings. The van der Waals surface area contributed by atoms with Crippen LogP contribution in [0.5, 0.6) is 17.2 Å². The van der Waals surface area contributed by atoms with Crippen LogP contribution >= 0.6 is 0 Å². The third-order valence-corrected chi connectivity index (χ3v) is 3.91. The lowest BCUT2D eigenvalue weighted by Gasteiger charge is -2.10. The third-order valence-electron chi connectivity index (χ3n) is 3.91. The fourth-order valence-electron chi connectivity index (χ4n) is 2.52. The highest BCUT2D eigenvalue weighted by Gasteiger charge is 2.14. The molecule has 0 bridgehead atoms. The molecule has 130 valence electrons. The van der Waals surface area contributed by atoms with Crippen LogP contribution in [0.3, 0.4) is 0 Å². The summed E-state index contributed by atoms with van der Waals surface area (Å²) in [6, 6.07) is 13.2. The lowest BCUT2D eigenvalue weighted by molar-refractivity contribution is -0.124. The molecule has 0 saturated carbocycles. The number of rotatable bonds is 6. The van der Waals surface area contributed by atoms with E-state index < -0.39 is 0 Å². The van der Waals surface area contributed by atoms with Crippen LogP contribution in [0.2, 0.25) is 0 Å². The van der Waals surface area contributed by atoms with Gasteiger partial charge in [0.2, 0.25) is 12.7 Å². The number of carbonyl (C=O) groups excluding carboxylic acids is 1. The molecule has 25 heavy (non-hydrogen) atoms. The van der Waals surface area contributed by atoms with Crippen LogP contribution in [0.4, 0.5) is 0 Å². The fraction of sp³-hybridized carbons (Fsp3) is 0.263. The Hall–Kier alpha value is -3.02. The molecule has 0 radical (unpaired) electrons. The van der Waals surface area contributed by atoms with Crippen molar-refractivity contribution in [1.29, 1.82) is 0 Å². The van der Waals surface area contributed by atoms with Crippen LogP contribution in [0.1, 0.15) is 18.1 Å². The lowest BCUT2D eigenvalue weighted by Crippen LogP contribution is -2.26. The minimum Gasteiger partial charge on any atom is -0.497 e. The average Bonchev–Trinajstić information content (AvgIpc) is 3.09. The highest BCUT2D eigenvalue weighted by atomic mass is 16.7. The van der Waals surface area contributed by atoms with Gasteiger partial charge in [-0.15, -0.1) is 0 Å². The highest BCUT2D eigenvalue weighted by Crippen LogP contribution is 2.31. The van der Waals surface area contributed by atoms with Gasteiger partial charge in [0.15, 0.2) is 11.5 Å². The number of benzene rings is 2. The minimum atomic E-state index is -0.207. The van der Waals surface area contributed by atoms with Gasteiger partial charge in [-0.2, -0.15) is 5.10 Å². The highest BCUT2D eigenvalue weighted by molar-refractivity contribution is 5.84. The number of hydrazone groups is 1. The first-order valence-electron chi connectivity index (χ1n) is 8.01. The Morgan fingerprint density at radius 3 is 2.96 bits per heavy atom. The molecule has 1 N–H and O–H groups in total. The second-order valence-corrected chi connectivity index (χ2v) is 5.80. The monoisotopic (exact) mass is 340 g/mol. The van der Waals surface area contributed by atoms with E-state index in [4.69, 9.17) is 14.2 Å². The van der Waals surface area contributed by atoms with E-state index in [0.29, 0.717) is 17.9 Å². The topological polar surface area (TPSA) is 69.2 Å². The van der Waals surface area contributed by atoms with Gasteiger partial charge in [0.05, 0.1) is 13.3 Å². The summed E-state index contributed by atoms with van der Waals surface area (Å²) in [5, 5.41) is 4.02. The van der Waals surface area contributed by atoms with Gasteiger partial charge in [-0.05, 0) is 47.9 Å². The molecule has 1 heterocycles. The predicted octanol–water partition coefficient (Wildman–Crippen LogP) is 2.75. The van der Waals surface area contributed by atoms with Gasteiger partial charge < -0.3 is 14.2 Å². The molecule has 0 aliphatic carbocycles. The van der Waals surface area contributed by atoms with E-state index in [9.17, 15) is 4.79 Å². The van der Waals surface area contributed by atoms with Crippen molar-refractivity contribution >= 4 is 12.1 Å². The van der Waals surface area contributed by atoms with Crippen molar-refractivity contribution < 1.29 is 19.0 Å². The van der Waals surface area contributed by atoms with Gasteiger partial charge >= 0.3 is 0 Å². The molecule has 1 atom stereocenters. The molecule has 0 unspecified atom stereocenters. The normalized spacial score (nSPS) is 13.7. The van der Waals surface area contributed by atoms with Crippen LogP contribution in [-0.2, 0) is 11.2 Å². The van der Waals surface area contributed by atoms with Crippen molar-refractivity contribution in [3.8, 4) is 17.2 Å². The average molecular weight is 340 g/mol. The third kappa shape index (κ3) is 4.29. The molecule has 6 heteroatoms. The van der Waals surface area contributed by atoms with Crippen molar-refractivity contribution in [3.63, 3.8) is 0 Å². The number of methoxy groups -OCH3 is 1. The summed E-state index contributed by atoms with van der Waals surface area (Å²) in [6.45, 7) is 2.10. The summed E-state index contributed by atoms with van der Waals surface area (Å²) in [6.07, 6.45) is 2.20. The van der Waals surface area contributed by atoms with Gasteiger partial charge in [-0.1, -0.05) is 19.1 Å². The summed E-state index contributed by atoms with van der Waals surface area (Å²) in [4.78, 5) is 12.2. The van der Waals surface area contributed by atoms with Gasteiger partial charge in [-0.3, -0.25) is 4.79 Å². The molecule has 2 aromatic rings. The van der Waals surface area contributed by atoms with Gasteiger partial charge in [0, 0.05) is 5.92 Å². The molecule has 0 aromatic heterocycles. The molecule has 1 aliphatic rings. The summed E-state index contributed by atoms with van der Waals surface area (Å²) < 4.78 is 15.8. The molecular formula is C19H20N2O4. The smallest absolute Gasteiger partial charge is 0.243 e. The van der Waals surface area contributed by atoms with Crippen molar-refractivity contribution in [2.75, 3.05) is 13.9 Å². The van der Waals surface area contributed by atoms with Crippen LogP contribution < -0.4 is 19.6 Å². The SMILES string of the molecule is COc1cccc(C[C@@H](C)C(=O)N/N=C\c2ccc3c(c2)OCO3)c1. The number of ether oxygens (including phenoxy) is 3. The Balaban J connectivity index is 1.54. The Morgan fingerprint density at radius 1 is 1.28 bits per heavy atom. The number of fused-ring (bicyclic) bond motifs is 1. The van der Waals surface area contributed by atoms with E-state index in [2.05, 4.69) is 10.5 Å². The van der Waals surface area contributed by atoms with Crippen LogP contribution in [0.15, 0.2) is 47.6 Å². The van der Waals surface area contributed by atoms with Crippen molar-refractivity contribution in [2.45, 2.75) is 13.3 Å². The van der Waals surface area contributed by atoms with Crippen molar-refractivity contribution in [1.82, 2.24) is 5.43 Å². The number of carbonyl (C=O) groups is 1. The maximum Gasteiger partial charge on any atom is 0.243 e. The maximum absolute atomic E-state index is 12.2. The first-order chi connectivity index (χ1) is 12.2. The molecule has 3 rings (SSSR count). The van der Waals surface area contributed by atoms with Gasteiger partial charge in [0.25, 0.3) is 0 Å². The molecule has 1 aliphatic heterocycles. The Kier molecular flexibility index (Phi) is 5.18. The first-order valence-corrected chi connectivity index (χ1v) is 8.01. The van der Waals surface area contributed by atoms with E-state index in [1.165, 1.54) is 0 Å². The quantitative estimate of drug-likeness (QED) is 0.648. The summed E-state index contributed by atoms with van der Waals surface area (Å²) >= 11 is 0. The van der Waals surface area contributed by atoms with Crippen molar-refractivity contribution in [3.05, 3.63) is 53.6 Å². The zero-order valence-corrected chi connectivity index (χ0v) is 14.2. The van der Waals surface area contributed by atoms with Gasteiger partial charge in [0.1, 0.15) is 5.75 Å². The largest absolute Gasteiger partial charge is 0.497 e. The Bertz CT molecular complexity index is 789. The number of nitrogens with one attached hydrogen (secondary N) is 1. The number of hydrogen-bond acceptors (Lipinski definition) is 5. The fourth-order valence-corrected chi connectivity index (χ4v) is 2.52. The molecule has 6 nitrogen and oxygen atoms in total. The van der Waals surface area contributed by atoms with E-state index in [1.807, 2.05) is 49.4 Å². The number of amides is 1. The number of hydrogen-bond donors (Lipinski definition) is 1. The molecule has 1 amide bonds. The molecule has 2 aromatic carbocycles. The molecular weight excluding hydrogens is 320 g/mol. The summed E-state index contributed by atoms with van der Waals surface area (Å²) in [5.74, 6) is 1.83. The summed E-state index contributed by atoms with van der Waals surface area (Å²) in [7, 11) is 1.63. The van der Waals surface area contributed by atoms with Crippen LogP contribution in [-0.4, -0.2) is 26.0 Å². The molecule has 0 saturated heterocycles. The maximum atomic E-state index is 12.2. The Labute approximate surface area is 146 Å². The van der Waals surface area contributed by atoms with Crippen LogP contribution in [0, 0.1) is 5.92 Å². The molecule has 0 spiro atoms. The Morgan fingerprint density at radius 2 is 2.12 bits per heavy atom. The number of nitrogens with zero attached hydrogens (tertiary/aromatic N) is 1.